The Bertz CT molecular complexity index is 85.3. The molecule has 0 spiro atoms. The van der Waals surface area contributed by atoms with Crippen LogP contribution in [0.3, 0.4) is 0 Å². The summed E-state index contributed by atoms with van der Waals surface area (Å²) in [6.45, 7) is 2.26. The van der Waals surface area contributed by atoms with Gasteiger partial charge in [-0.2, -0.15) is 0 Å². The minimum absolute atomic E-state index is 0.305. The van der Waals surface area contributed by atoms with Crippen molar-refractivity contribution in [3.63, 3.8) is 0 Å². The van der Waals surface area contributed by atoms with Crippen LogP contribution >= 0.6 is 0 Å². The van der Waals surface area contributed by atoms with Crippen molar-refractivity contribution in [1.82, 2.24) is 0 Å². The summed E-state index contributed by atoms with van der Waals surface area (Å²) in [5, 5.41) is 8.89. The van der Waals surface area contributed by atoms with E-state index in [1.54, 1.807) is 6.92 Å². The van der Waals surface area contributed by atoms with E-state index < -0.39 is 0 Å². The minimum atomic E-state index is -0.305. The molecule has 0 heterocycles. The average Bonchev–Trinajstić information content (AvgIpc) is 2.34. The van der Waals surface area contributed by atoms with Gasteiger partial charge in [0.25, 0.3) is 0 Å². The Balaban J connectivity index is 2.01. The summed E-state index contributed by atoms with van der Waals surface area (Å²) in [5.74, 6) is 0. The van der Waals surface area contributed by atoms with Gasteiger partial charge in [0, 0.05) is 0 Å². The summed E-state index contributed by atoms with van der Waals surface area (Å²) >= 11 is 0. The van der Waals surface area contributed by atoms with Crippen LogP contribution in [0.4, 0.5) is 0 Å². The van der Waals surface area contributed by atoms with Gasteiger partial charge in [-0.3, -0.25) is 0 Å². The molecule has 1 fully saturated rings. The van der Waals surface area contributed by atoms with Crippen LogP contribution in [0.5, 0.6) is 0 Å². The predicted octanol–water partition coefficient (Wildman–Crippen LogP) is 1.33. The molecule has 0 aliphatic heterocycles. The topological polar surface area (TPSA) is 29.5 Å². The van der Waals surface area contributed by atoms with E-state index in [0.29, 0.717) is 12.7 Å². The van der Waals surface area contributed by atoms with Crippen molar-refractivity contribution >= 4 is 0 Å². The lowest BCUT2D eigenvalue weighted by atomic mass is 10.3. The van der Waals surface area contributed by atoms with Gasteiger partial charge in [0.1, 0.15) is 0 Å². The second-order valence-electron chi connectivity index (χ2n) is 3.09. The van der Waals surface area contributed by atoms with Gasteiger partial charge in [-0.1, -0.05) is 12.8 Å². The molecule has 0 aromatic rings. The second-order valence-corrected chi connectivity index (χ2v) is 3.09. The number of aliphatic hydroxyl groups is 1. The zero-order chi connectivity index (χ0) is 7.40. The first-order valence-corrected chi connectivity index (χ1v) is 4.08. The molecule has 10 heavy (non-hydrogen) atoms. The molecular weight excluding hydrogens is 128 g/mol. The summed E-state index contributed by atoms with van der Waals surface area (Å²) in [5.41, 5.74) is 0. The fraction of sp³-hybridized carbons (Fsp3) is 1.00. The van der Waals surface area contributed by atoms with Crippen LogP contribution in [-0.2, 0) is 4.74 Å². The molecule has 1 aliphatic carbocycles. The number of ether oxygens (including phenoxy) is 1. The number of rotatable bonds is 3. The van der Waals surface area contributed by atoms with Crippen LogP contribution in [0.1, 0.15) is 32.6 Å². The predicted molar refractivity (Wildman–Crippen MR) is 39.9 cm³/mol. The monoisotopic (exact) mass is 144 g/mol. The Hall–Kier alpha value is -0.0800. The summed E-state index contributed by atoms with van der Waals surface area (Å²) in [6, 6.07) is 0. The first-order chi connectivity index (χ1) is 4.79. The molecule has 1 saturated carbocycles. The Morgan fingerprint density at radius 1 is 1.50 bits per heavy atom. The first kappa shape index (κ1) is 8.02. The van der Waals surface area contributed by atoms with Crippen LogP contribution in [-0.4, -0.2) is 23.9 Å². The highest BCUT2D eigenvalue weighted by atomic mass is 16.5. The molecule has 0 unspecified atom stereocenters. The van der Waals surface area contributed by atoms with Crippen molar-refractivity contribution < 1.29 is 9.84 Å². The van der Waals surface area contributed by atoms with E-state index in [0.717, 1.165) is 0 Å². The molecule has 2 heteroatoms. The van der Waals surface area contributed by atoms with Crippen molar-refractivity contribution in [2.75, 3.05) is 6.61 Å². The Kier molecular flexibility index (Phi) is 3.16. The van der Waals surface area contributed by atoms with Crippen molar-refractivity contribution in [2.45, 2.75) is 44.8 Å². The zero-order valence-corrected chi connectivity index (χ0v) is 6.55. The lowest BCUT2D eigenvalue weighted by Crippen LogP contribution is -2.16. The maximum absolute atomic E-state index is 8.89. The Morgan fingerprint density at radius 2 is 2.10 bits per heavy atom. The third-order valence-corrected chi connectivity index (χ3v) is 1.88. The smallest absolute Gasteiger partial charge is 0.0745 e. The summed E-state index contributed by atoms with van der Waals surface area (Å²) in [7, 11) is 0. The third kappa shape index (κ3) is 2.67. The Morgan fingerprint density at radius 3 is 2.60 bits per heavy atom. The van der Waals surface area contributed by atoms with E-state index in [1.165, 1.54) is 25.7 Å². The number of hydrogen-bond donors (Lipinski definition) is 1. The van der Waals surface area contributed by atoms with Crippen LogP contribution in [0.15, 0.2) is 0 Å². The van der Waals surface area contributed by atoms with Gasteiger partial charge in [0.15, 0.2) is 0 Å². The van der Waals surface area contributed by atoms with Crippen molar-refractivity contribution in [3.05, 3.63) is 0 Å². The minimum Gasteiger partial charge on any atom is -0.391 e. The highest BCUT2D eigenvalue weighted by Crippen LogP contribution is 2.20. The molecule has 1 aliphatic rings. The fourth-order valence-corrected chi connectivity index (χ4v) is 1.33. The maximum Gasteiger partial charge on any atom is 0.0745 e. The van der Waals surface area contributed by atoms with Crippen LogP contribution < -0.4 is 0 Å². The first-order valence-electron chi connectivity index (χ1n) is 4.08. The lowest BCUT2D eigenvalue weighted by Gasteiger charge is -2.11. The maximum atomic E-state index is 8.89. The van der Waals surface area contributed by atoms with Crippen LogP contribution in [0.25, 0.3) is 0 Å². The van der Waals surface area contributed by atoms with Gasteiger partial charge in [-0.15, -0.1) is 0 Å². The number of aliphatic hydroxyl groups excluding tert-OH is 1. The molecule has 1 N–H and O–H groups in total. The van der Waals surface area contributed by atoms with Gasteiger partial charge in [0.2, 0.25) is 0 Å². The standard InChI is InChI=1S/C8H16O2/c1-7(9)6-10-8-4-2-3-5-8/h7-9H,2-6H2,1H3/t7-/m0/s1. The van der Waals surface area contributed by atoms with Gasteiger partial charge in [-0.05, 0) is 19.8 Å². The summed E-state index contributed by atoms with van der Waals surface area (Å²) in [4.78, 5) is 0. The van der Waals surface area contributed by atoms with Gasteiger partial charge < -0.3 is 9.84 Å². The largest absolute Gasteiger partial charge is 0.391 e. The molecule has 0 radical (unpaired) electrons. The second kappa shape index (κ2) is 3.94. The van der Waals surface area contributed by atoms with Gasteiger partial charge >= 0.3 is 0 Å². The summed E-state index contributed by atoms with van der Waals surface area (Å²) in [6.07, 6.45) is 5.10. The molecule has 1 atom stereocenters. The zero-order valence-electron chi connectivity index (χ0n) is 6.55. The van der Waals surface area contributed by atoms with E-state index in [4.69, 9.17) is 9.84 Å². The SMILES string of the molecule is C[C@H](O)COC1CCCC1. The number of hydrogen-bond acceptors (Lipinski definition) is 2. The van der Waals surface area contributed by atoms with E-state index >= 15 is 0 Å². The molecule has 0 aromatic carbocycles. The third-order valence-electron chi connectivity index (χ3n) is 1.88. The molecule has 0 aromatic heterocycles. The molecule has 2 nitrogen and oxygen atoms in total. The molecule has 1 rings (SSSR count). The molecular formula is C8H16O2. The van der Waals surface area contributed by atoms with E-state index in [-0.39, 0.29) is 6.10 Å². The normalized spacial score (nSPS) is 23.4. The highest BCUT2D eigenvalue weighted by Gasteiger charge is 2.15. The van der Waals surface area contributed by atoms with Crippen molar-refractivity contribution in [1.29, 1.82) is 0 Å². The average molecular weight is 144 g/mol. The molecule has 0 amide bonds. The van der Waals surface area contributed by atoms with Crippen molar-refractivity contribution in [3.8, 4) is 0 Å². The van der Waals surface area contributed by atoms with E-state index in [2.05, 4.69) is 0 Å². The molecule has 0 bridgehead atoms. The van der Waals surface area contributed by atoms with Crippen LogP contribution in [0, 0.1) is 0 Å². The highest BCUT2D eigenvalue weighted by molar-refractivity contribution is 4.66. The van der Waals surface area contributed by atoms with Crippen LogP contribution in [0.2, 0.25) is 0 Å². The van der Waals surface area contributed by atoms with E-state index in [1.807, 2.05) is 0 Å². The molecule has 0 saturated heterocycles. The fourth-order valence-electron chi connectivity index (χ4n) is 1.33. The van der Waals surface area contributed by atoms with Gasteiger partial charge in [0.05, 0.1) is 18.8 Å². The lowest BCUT2D eigenvalue weighted by molar-refractivity contribution is 0.000788. The molecule has 60 valence electrons. The quantitative estimate of drug-likeness (QED) is 0.647. The Labute approximate surface area is 62.2 Å². The van der Waals surface area contributed by atoms with E-state index in [9.17, 15) is 0 Å². The van der Waals surface area contributed by atoms with Crippen molar-refractivity contribution in [2.24, 2.45) is 0 Å². The summed E-state index contributed by atoms with van der Waals surface area (Å²) < 4.78 is 5.41. The van der Waals surface area contributed by atoms with Gasteiger partial charge in [-0.25, -0.2) is 0 Å².